The fourth-order valence-electron chi connectivity index (χ4n) is 2.68. The monoisotopic (exact) mass is 290 g/mol. The zero-order valence-electron chi connectivity index (χ0n) is 13.6. The minimum atomic E-state index is -0.588. The molecule has 4 nitrogen and oxygen atoms in total. The van der Waals surface area contributed by atoms with Crippen molar-refractivity contribution in [3.63, 3.8) is 0 Å². The number of rotatable bonds is 4. The fourth-order valence-corrected chi connectivity index (χ4v) is 2.68. The van der Waals surface area contributed by atoms with E-state index in [1.807, 2.05) is 38.1 Å². The van der Waals surface area contributed by atoms with Crippen LogP contribution in [-0.4, -0.2) is 35.7 Å². The van der Waals surface area contributed by atoms with Crippen LogP contribution in [0.15, 0.2) is 24.3 Å². The molecule has 1 atom stereocenters. The van der Waals surface area contributed by atoms with Crippen LogP contribution >= 0.6 is 0 Å². The van der Waals surface area contributed by atoms with E-state index in [-0.39, 0.29) is 11.4 Å². The van der Waals surface area contributed by atoms with Gasteiger partial charge in [-0.15, -0.1) is 0 Å². The number of hydrogen-bond acceptors (Lipinski definition) is 3. The summed E-state index contributed by atoms with van der Waals surface area (Å²) in [5, 5.41) is 13.5. The predicted molar refractivity (Wildman–Crippen MR) is 85.6 cm³/mol. The molecule has 0 bridgehead atoms. The number of anilines is 1. The van der Waals surface area contributed by atoms with Crippen molar-refractivity contribution in [1.82, 2.24) is 5.32 Å². The van der Waals surface area contributed by atoms with Crippen LogP contribution in [0.4, 0.5) is 5.69 Å². The Bertz CT molecular complexity index is 532. The number of nitrogens with zero attached hydrogens (tertiary/aromatic N) is 1. The molecule has 2 rings (SSSR count). The first-order chi connectivity index (χ1) is 9.63. The smallest absolute Gasteiger partial charge is 0.237 e. The van der Waals surface area contributed by atoms with Gasteiger partial charge in [0, 0.05) is 17.8 Å². The molecule has 0 fully saturated rings. The molecule has 2 N–H and O–H groups in total. The molecule has 1 aromatic carbocycles. The number of benzene rings is 1. The molecule has 1 aliphatic heterocycles. The van der Waals surface area contributed by atoms with Crippen molar-refractivity contribution in [2.45, 2.75) is 51.7 Å². The molecule has 1 unspecified atom stereocenters. The normalized spacial score (nSPS) is 18.8. The third-order valence-corrected chi connectivity index (χ3v) is 3.91. The largest absolute Gasteiger partial charge is 0.390 e. The first-order valence-corrected chi connectivity index (χ1v) is 7.47. The van der Waals surface area contributed by atoms with Crippen molar-refractivity contribution in [2.75, 3.05) is 18.0 Å². The Hall–Kier alpha value is -1.39. The van der Waals surface area contributed by atoms with Gasteiger partial charge in [0.25, 0.3) is 0 Å². The highest BCUT2D eigenvalue weighted by atomic mass is 16.3. The third-order valence-electron chi connectivity index (χ3n) is 3.91. The van der Waals surface area contributed by atoms with Gasteiger partial charge in [-0.3, -0.25) is 4.79 Å². The predicted octanol–water partition coefficient (Wildman–Crippen LogP) is 2.06. The van der Waals surface area contributed by atoms with Crippen LogP contribution in [0.5, 0.6) is 0 Å². The average Bonchev–Trinajstić information content (AvgIpc) is 2.58. The number of aliphatic hydroxyl groups is 1. The Balaban J connectivity index is 2.12. The SMILES string of the molecule is CC(C)(C)NCC(O)CN1C(=O)C(C)(C)c2ccccc21. The summed E-state index contributed by atoms with van der Waals surface area (Å²) in [7, 11) is 0. The molecule has 0 radical (unpaired) electrons. The van der Waals surface area contributed by atoms with Gasteiger partial charge in [0.05, 0.1) is 18.1 Å². The second-order valence-electron chi connectivity index (χ2n) is 7.34. The average molecular weight is 290 g/mol. The second-order valence-corrected chi connectivity index (χ2v) is 7.34. The lowest BCUT2D eigenvalue weighted by Crippen LogP contribution is -2.46. The molecule has 1 aliphatic rings. The minimum absolute atomic E-state index is 0.0484. The van der Waals surface area contributed by atoms with Crippen LogP contribution in [0.1, 0.15) is 40.2 Å². The summed E-state index contributed by atoms with van der Waals surface area (Å²) in [6.07, 6.45) is -0.588. The molecule has 1 heterocycles. The van der Waals surface area contributed by atoms with Crippen LogP contribution in [-0.2, 0) is 10.2 Å². The van der Waals surface area contributed by atoms with Crippen molar-refractivity contribution >= 4 is 11.6 Å². The summed E-state index contributed by atoms with van der Waals surface area (Å²) < 4.78 is 0. The Labute approximate surface area is 127 Å². The lowest BCUT2D eigenvalue weighted by atomic mass is 9.86. The van der Waals surface area contributed by atoms with Crippen LogP contribution in [0, 0.1) is 0 Å². The Morgan fingerprint density at radius 3 is 2.52 bits per heavy atom. The van der Waals surface area contributed by atoms with Gasteiger partial charge in [-0.05, 0) is 46.2 Å². The van der Waals surface area contributed by atoms with Crippen molar-refractivity contribution in [3.05, 3.63) is 29.8 Å². The van der Waals surface area contributed by atoms with Crippen LogP contribution in [0.2, 0.25) is 0 Å². The van der Waals surface area contributed by atoms with E-state index in [2.05, 4.69) is 26.1 Å². The molecule has 0 saturated heterocycles. The zero-order valence-corrected chi connectivity index (χ0v) is 13.6. The molecule has 4 heteroatoms. The number of nitrogens with one attached hydrogen (secondary N) is 1. The number of fused-ring (bicyclic) bond motifs is 1. The van der Waals surface area contributed by atoms with E-state index in [0.717, 1.165) is 11.3 Å². The highest BCUT2D eigenvalue weighted by Gasteiger charge is 2.43. The third kappa shape index (κ3) is 3.27. The van der Waals surface area contributed by atoms with E-state index < -0.39 is 11.5 Å². The van der Waals surface area contributed by atoms with Crippen LogP contribution in [0.25, 0.3) is 0 Å². The molecule has 21 heavy (non-hydrogen) atoms. The topological polar surface area (TPSA) is 52.6 Å². The van der Waals surface area contributed by atoms with Gasteiger partial charge in [0.15, 0.2) is 0 Å². The quantitative estimate of drug-likeness (QED) is 0.892. The van der Waals surface area contributed by atoms with Gasteiger partial charge in [0.1, 0.15) is 0 Å². The van der Waals surface area contributed by atoms with E-state index in [0.29, 0.717) is 13.1 Å². The Kier molecular flexibility index (Phi) is 4.13. The standard InChI is InChI=1S/C17H26N2O2/c1-16(2,3)18-10-12(20)11-19-14-9-7-6-8-13(14)17(4,5)15(19)21/h6-9,12,18,20H,10-11H2,1-5H3. The van der Waals surface area contributed by atoms with E-state index in [1.54, 1.807) is 4.90 Å². The van der Waals surface area contributed by atoms with Gasteiger partial charge >= 0.3 is 0 Å². The number of carbonyl (C=O) groups is 1. The second kappa shape index (κ2) is 5.43. The molecule has 0 aliphatic carbocycles. The summed E-state index contributed by atoms with van der Waals surface area (Å²) in [6, 6.07) is 7.83. The maximum atomic E-state index is 12.6. The first kappa shape index (κ1) is 16.0. The maximum Gasteiger partial charge on any atom is 0.237 e. The Morgan fingerprint density at radius 1 is 1.29 bits per heavy atom. The first-order valence-electron chi connectivity index (χ1n) is 7.47. The van der Waals surface area contributed by atoms with Crippen molar-refractivity contribution in [3.8, 4) is 0 Å². The van der Waals surface area contributed by atoms with Crippen molar-refractivity contribution < 1.29 is 9.90 Å². The van der Waals surface area contributed by atoms with Gasteiger partial charge in [-0.2, -0.15) is 0 Å². The highest BCUT2D eigenvalue weighted by molar-refractivity contribution is 6.07. The highest BCUT2D eigenvalue weighted by Crippen LogP contribution is 2.41. The number of carbonyl (C=O) groups excluding carboxylic acids is 1. The van der Waals surface area contributed by atoms with Crippen molar-refractivity contribution in [1.29, 1.82) is 0 Å². The molecule has 1 aromatic rings. The van der Waals surface area contributed by atoms with E-state index in [4.69, 9.17) is 0 Å². The zero-order chi connectivity index (χ0) is 15.8. The van der Waals surface area contributed by atoms with Crippen LogP contribution in [0.3, 0.4) is 0 Å². The summed E-state index contributed by atoms with van der Waals surface area (Å²) in [4.78, 5) is 14.3. The van der Waals surface area contributed by atoms with E-state index >= 15 is 0 Å². The van der Waals surface area contributed by atoms with Gasteiger partial charge in [0.2, 0.25) is 5.91 Å². The Morgan fingerprint density at radius 2 is 1.90 bits per heavy atom. The van der Waals surface area contributed by atoms with Gasteiger partial charge < -0.3 is 15.3 Å². The summed E-state index contributed by atoms with van der Waals surface area (Å²) >= 11 is 0. The number of aliphatic hydroxyl groups excluding tert-OH is 1. The molecule has 1 amide bonds. The lowest BCUT2D eigenvalue weighted by molar-refractivity contribution is -0.122. The van der Waals surface area contributed by atoms with Crippen LogP contribution < -0.4 is 10.2 Å². The van der Waals surface area contributed by atoms with Gasteiger partial charge in [-0.25, -0.2) is 0 Å². The van der Waals surface area contributed by atoms with E-state index in [9.17, 15) is 9.90 Å². The summed E-state index contributed by atoms with van der Waals surface area (Å²) in [5.41, 5.74) is 1.38. The summed E-state index contributed by atoms with van der Waals surface area (Å²) in [6.45, 7) is 10.8. The number of para-hydroxylation sites is 1. The molecular weight excluding hydrogens is 264 g/mol. The number of hydrogen-bond donors (Lipinski definition) is 2. The van der Waals surface area contributed by atoms with Gasteiger partial charge in [-0.1, -0.05) is 18.2 Å². The van der Waals surface area contributed by atoms with Crippen molar-refractivity contribution in [2.24, 2.45) is 0 Å². The maximum absolute atomic E-state index is 12.6. The molecular formula is C17H26N2O2. The lowest BCUT2D eigenvalue weighted by Gasteiger charge is -2.26. The molecule has 0 spiro atoms. The molecule has 116 valence electrons. The fraction of sp³-hybridized carbons (Fsp3) is 0.588. The molecule has 0 aromatic heterocycles. The minimum Gasteiger partial charge on any atom is -0.390 e. The molecule has 0 saturated carbocycles. The van der Waals surface area contributed by atoms with E-state index in [1.165, 1.54) is 0 Å². The summed E-state index contributed by atoms with van der Waals surface area (Å²) in [5.74, 6) is 0.0542. The number of β-amino-alcohol motifs (C(OH)–C–C–N with tert-alkyl or cyclic N) is 1. The number of amides is 1.